The van der Waals surface area contributed by atoms with Crippen molar-refractivity contribution in [2.75, 3.05) is 6.54 Å². The molecule has 1 fully saturated rings. The van der Waals surface area contributed by atoms with E-state index >= 15 is 0 Å². The summed E-state index contributed by atoms with van der Waals surface area (Å²) in [5.41, 5.74) is -1.84. The molecule has 5 nitrogen and oxygen atoms in total. The number of amides is 1. The van der Waals surface area contributed by atoms with Gasteiger partial charge in [0.25, 0.3) is 9.70 Å². The zero-order valence-corrected chi connectivity index (χ0v) is 13.9. The number of carbonyl (C=O) groups excluding carboxylic acids is 1. The number of aliphatic hydroxyl groups is 2. The van der Waals surface area contributed by atoms with Gasteiger partial charge in [0, 0.05) is 6.54 Å². The van der Waals surface area contributed by atoms with Crippen LogP contribution < -0.4 is 5.32 Å². The Morgan fingerprint density at radius 3 is 2.45 bits per heavy atom. The first kappa shape index (κ1) is 18.3. The van der Waals surface area contributed by atoms with Crippen molar-refractivity contribution in [2.45, 2.75) is 60.8 Å². The van der Waals surface area contributed by atoms with E-state index in [4.69, 9.17) is 39.5 Å². The molecule has 3 atom stereocenters. The highest BCUT2D eigenvalue weighted by Gasteiger charge is 2.46. The van der Waals surface area contributed by atoms with E-state index in [1.54, 1.807) is 20.8 Å². The van der Waals surface area contributed by atoms with Crippen LogP contribution in [0, 0.1) is 0 Å². The van der Waals surface area contributed by atoms with E-state index in [1.807, 2.05) is 0 Å². The zero-order valence-electron chi connectivity index (χ0n) is 11.6. The van der Waals surface area contributed by atoms with Crippen molar-refractivity contribution in [3.05, 3.63) is 0 Å². The molecule has 118 valence electrons. The van der Waals surface area contributed by atoms with Crippen LogP contribution in [0.15, 0.2) is 0 Å². The van der Waals surface area contributed by atoms with Gasteiger partial charge in [-0.1, -0.05) is 34.8 Å². The van der Waals surface area contributed by atoms with E-state index < -0.39 is 27.0 Å². The molecule has 1 aliphatic rings. The van der Waals surface area contributed by atoms with Gasteiger partial charge in [-0.2, -0.15) is 0 Å². The quantitative estimate of drug-likeness (QED) is 0.673. The minimum absolute atomic E-state index is 0.0954. The normalized spacial score (nSPS) is 29.3. The van der Waals surface area contributed by atoms with Gasteiger partial charge in [0.1, 0.15) is 0 Å². The molecule has 1 amide bonds. The Morgan fingerprint density at radius 2 is 2.05 bits per heavy atom. The summed E-state index contributed by atoms with van der Waals surface area (Å²) in [5.74, 6) is -0.804. The lowest BCUT2D eigenvalue weighted by atomic mass is 9.93. The average molecular weight is 349 g/mol. The number of hydrogen-bond donors (Lipinski definition) is 3. The van der Waals surface area contributed by atoms with Crippen molar-refractivity contribution in [2.24, 2.45) is 0 Å². The van der Waals surface area contributed by atoms with Crippen molar-refractivity contribution in [1.29, 1.82) is 0 Å². The highest BCUT2D eigenvalue weighted by molar-refractivity contribution is 6.76. The number of carbonyl (C=O) groups is 1. The molecule has 20 heavy (non-hydrogen) atoms. The molecule has 0 aromatic carbocycles. The maximum absolute atomic E-state index is 11.4. The number of alkyl halides is 3. The van der Waals surface area contributed by atoms with Crippen molar-refractivity contribution < 1.29 is 19.7 Å². The van der Waals surface area contributed by atoms with Crippen LogP contribution in [0.4, 0.5) is 0 Å². The van der Waals surface area contributed by atoms with Crippen LogP contribution in [0.1, 0.15) is 33.6 Å². The first-order valence-electron chi connectivity index (χ1n) is 6.29. The summed E-state index contributed by atoms with van der Waals surface area (Å²) in [6.07, 6.45) is -0.153. The van der Waals surface area contributed by atoms with Crippen LogP contribution in [0.5, 0.6) is 0 Å². The Hall–Kier alpha value is 0.220. The van der Waals surface area contributed by atoms with Gasteiger partial charge in [0.15, 0.2) is 0 Å². The second-order valence-electron chi connectivity index (χ2n) is 5.84. The second-order valence-corrected chi connectivity index (χ2v) is 8.12. The van der Waals surface area contributed by atoms with Crippen molar-refractivity contribution in [1.82, 2.24) is 5.32 Å². The minimum Gasteiger partial charge on any atom is -0.388 e. The Kier molecular flexibility index (Phi) is 5.61. The molecule has 1 aliphatic heterocycles. The molecule has 1 rings (SSSR count). The zero-order chi connectivity index (χ0) is 15.8. The Labute approximate surface area is 133 Å². The fourth-order valence-electron chi connectivity index (χ4n) is 2.11. The van der Waals surface area contributed by atoms with Gasteiger partial charge in [-0.25, -0.2) is 0 Å². The van der Waals surface area contributed by atoms with Gasteiger partial charge in [0.05, 0.1) is 23.4 Å². The van der Waals surface area contributed by atoms with Crippen LogP contribution in [0.25, 0.3) is 0 Å². The summed E-state index contributed by atoms with van der Waals surface area (Å²) >= 11 is 16.3. The largest absolute Gasteiger partial charge is 0.388 e. The lowest BCUT2D eigenvalue weighted by Gasteiger charge is -2.33. The summed E-state index contributed by atoms with van der Waals surface area (Å²) in [6.45, 7) is 4.94. The number of rotatable bonds is 4. The Bertz CT molecular complexity index is 367. The average Bonchev–Trinajstić information content (AvgIpc) is 2.68. The third kappa shape index (κ3) is 4.61. The predicted octanol–water partition coefficient (Wildman–Crippen LogP) is 1.54. The Balaban J connectivity index is 2.56. The fourth-order valence-corrected chi connectivity index (χ4v) is 2.31. The van der Waals surface area contributed by atoms with Gasteiger partial charge in [-0.05, 0) is 33.6 Å². The van der Waals surface area contributed by atoms with Gasteiger partial charge in [0.2, 0.25) is 0 Å². The van der Waals surface area contributed by atoms with Crippen molar-refractivity contribution in [3.63, 3.8) is 0 Å². The van der Waals surface area contributed by atoms with Crippen molar-refractivity contribution in [3.8, 4) is 0 Å². The van der Waals surface area contributed by atoms with Gasteiger partial charge < -0.3 is 20.3 Å². The number of hydrogen-bond acceptors (Lipinski definition) is 4. The molecule has 1 unspecified atom stereocenters. The summed E-state index contributed by atoms with van der Waals surface area (Å²) < 4.78 is 3.68. The molecule has 0 radical (unpaired) electrons. The predicted molar refractivity (Wildman–Crippen MR) is 78.1 cm³/mol. The molecular formula is C12H20Cl3NO4. The summed E-state index contributed by atoms with van der Waals surface area (Å²) in [4.78, 5) is 11.4. The molecule has 0 aromatic heterocycles. The van der Waals surface area contributed by atoms with Crippen LogP contribution >= 0.6 is 34.8 Å². The van der Waals surface area contributed by atoms with Crippen LogP contribution in [0.2, 0.25) is 0 Å². The Morgan fingerprint density at radius 1 is 1.50 bits per heavy atom. The lowest BCUT2D eigenvalue weighted by molar-refractivity contribution is -0.152. The number of halogens is 3. The molecule has 1 heterocycles. The maximum atomic E-state index is 11.4. The molecular weight excluding hydrogens is 328 g/mol. The highest BCUT2D eigenvalue weighted by Crippen LogP contribution is 2.37. The third-order valence-corrected chi connectivity index (χ3v) is 4.04. The first-order chi connectivity index (χ1) is 8.86. The molecule has 8 heteroatoms. The number of nitrogens with one attached hydrogen (secondary N) is 1. The molecule has 0 spiro atoms. The molecule has 0 saturated carbocycles. The second kappa shape index (κ2) is 6.15. The van der Waals surface area contributed by atoms with Gasteiger partial charge in [-0.15, -0.1) is 0 Å². The summed E-state index contributed by atoms with van der Waals surface area (Å²) in [5, 5.41) is 22.4. The lowest BCUT2D eigenvalue weighted by Crippen LogP contribution is -2.50. The summed E-state index contributed by atoms with van der Waals surface area (Å²) in [7, 11) is 0. The number of ether oxygens (including phenoxy) is 1. The first-order valence-corrected chi connectivity index (χ1v) is 7.43. The van der Waals surface area contributed by atoms with E-state index in [2.05, 4.69) is 5.32 Å². The van der Waals surface area contributed by atoms with E-state index in [9.17, 15) is 15.0 Å². The number of aliphatic hydroxyl groups excluding tert-OH is 1. The van der Waals surface area contributed by atoms with Crippen LogP contribution in [-0.4, -0.2) is 49.9 Å². The van der Waals surface area contributed by atoms with E-state index in [0.29, 0.717) is 12.8 Å². The van der Waals surface area contributed by atoms with Crippen LogP contribution in [-0.2, 0) is 9.53 Å². The SMILES string of the molecule is CC(C)(O)C1CC[C@@](C)([C@@H](O)CNC(=O)C(Cl)(Cl)Cl)O1. The molecule has 0 aliphatic carbocycles. The molecule has 3 N–H and O–H groups in total. The third-order valence-electron chi connectivity index (χ3n) is 3.52. The van der Waals surface area contributed by atoms with E-state index in [-0.39, 0.29) is 12.6 Å². The fraction of sp³-hybridized carbons (Fsp3) is 0.917. The molecule has 1 saturated heterocycles. The maximum Gasteiger partial charge on any atom is 0.272 e. The van der Waals surface area contributed by atoms with Gasteiger partial charge >= 0.3 is 0 Å². The monoisotopic (exact) mass is 347 g/mol. The topological polar surface area (TPSA) is 78.8 Å². The smallest absolute Gasteiger partial charge is 0.272 e. The minimum atomic E-state index is -2.06. The summed E-state index contributed by atoms with van der Waals surface area (Å²) in [6, 6.07) is 0. The van der Waals surface area contributed by atoms with E-state index in [0.717, 1.165) is 0 Å². The molecule has 0 bridgehead atoms. The molecule has 0 aromatic rings. The van der Waals surface area contributed by atoms with Gasteiger partial charge in [-0.3, -0.25) is 4.79 Å². The van der Waals surface area contributed by atoms with Crippen molar-refractivity contribution >= 4 is 40.7 Å². The van der Waals surface area contributed by atoms with E-state index in [1.165, 1.54) is 0 Å². The van der Waals surface area contributed by atoms with Crippen LogP contribution in [0.3, 0.4) is 0 Å². The standard InChI is InChI=1S/C12H20Cl3NO4/c1-10(2,19)8-4-5-11(3,20-8)7(17)6-16-9(18)12(13,14)15/h7-8,17,19H,4-6H2,1-3H3,(H,16,18)/t7-,8?,11-/m0/s1. The highest BCUT2D eigenvalue weighted by atomic mass is 35.6.